The number of hydrogen-bond donors (Lipinski definition) is 1. The van der Waals surface area contributed by atoms with Crippen LogP contribution in [0.1, 0.15) is 41.6 Å². The van der Waals surface area contributed by atoms with Gasteiger partial charge in [-0.15, -0.1) is 0 Å². The fraction of sp³-hybridized carbons (Fsp3) is 0.286. The topological polar surface area (TPSA) is 85.2 Å². The van der Waals surface area contributed by atoms with Gasteiger partial charge in [-0.1, -0.05) is 47.6 Å². The van der Waals surface area contributed by atoms with E-state index in [0.29, 0.717) is 30.4 Å². The fourth-order valence-electron chi connectivity index (χ4n) is 3.60. The van der Waals surface area contributed by atoms with Crippen molar-refractivity contribution in [2.75, 3.05) is 6.54 Å². The summed E-state index contributed by atoms with van der Waals surface area (Å²) in [5.41, 5.74) is 7.63. The lowest BCUT2D eigenvalue weighted by Gasteiger charge is -2.32. The van der Waals surface area contributed by atoms with Crippen molar-refractivity contribution in [2.24, 2.45) is 5.73 Å². The van der Waals surface area contributed by atoms with E-state index >= 15 is 0 Å². The molecule has 4 rings (SSSR count). The number of amides is 1. The standard InChI is InChI=1S/C21H22N4O2/c1-21(12-5-13-25(21)19(26)17-6-3-2-4-7-17)20-23-18(24-27-20)16-10-8-15(14-22)9-11-16/h2-4,6-11H,5,12-14,22H2,1H3. The molecule has 1 saturated heterocycles. The third-order valence-electron chi connectivity index (χ3n) is 5.24. The van der Waals surface area contributed by atoms with E-state index in [4.69, 9.17) is 10.3 Å². The second-order valence-corrected chi connectivity index (χ2v) is 7.02. The highest BCUT2D eigenvalue weighted by atomic mass is 16.5. The zero-order chi connectivity index (χ0) is 18.9. The summed E-state index contributed by atoms with van der Waals surface area (Å²) in [7, 11) is 0. The molecule has 138 valence electrons. The van der Waals surface area contributed by atoms with Crippen molar-refractivity contribution in [3.63, 3.8) is 0 Å². The van der Waals surface area contributed by atoms with Gasteiger partial charge in [-0.25, -0.2) is 0 Å². The summed E-state index contributed by atoms with van der Waals surface area (Å²) in [5.74, 6) is 0.985. The van der Waals surface area contributed by atoms with Gasteiger partial charge in [0.1, 0.15) is 5.54 Å². The third-order valence-corrected chi connectivity index (χ3v) is 5.24. The molecule has 1 amide bonds. The Kier molecular flexibility index (Phi) is 4.49. The van der Waals surface area contributed by atoms with E-state index in [1.807, 2.05) is 66.4 Å². The van der Waals surface area contributed by atoms with E-state index in [9.17, 15) is 4.79 Å². The molecule has 3 aromatic rings. The number of carbonyl (C=O) groups excluding carboxylic acids is 1. The van der Waals surface area contributed by atoms with Crippen LogP contribution in [-0.4, -0.2) is 27.5 Å². The molecule has 2 aromatic carbocycles. The van der Waals surface area contributed by atoms with Crippen molar-refractivity contribution in [3.05, 3.63) is 71.6 Å². The van der Waals surface area contributed by atoms with Crippen LogP contribution in [0, 0.1) is 0 Å². The lowest BCUT2D eigenvalue weighted by molar-refractivity contribution is 0.0551. The van der Waals surface area contributed by atoms with Gasteiger partial charge < -0.3 is 15.2 Å². The van der Waals surface area contributed by atoms with Crippen molar-refractivity contribution >= 4 is 5.91 Å². The van der Waals surface area contributed by atoms with Crippen LogP contribution in [0.2, 0.25) is 0 Å². The van der Waals surface area contributed by atoms with Gasteiger partial charge in [0.25, 0.3) is 11.8 Å². The van der Waals surface area contributed by atoms with Gasteiger partial charge in [0, 0.05) is 24.2 Å². The van der Waals surface area contributed by atoms with E-state index in [2.05, 4.69) is 10.1 Å². The van der Waals surface area contributed by atoms with Crippen LogP contribution in [-0.2, 0) is 12.1 Å². The molecule has 0 bridgehead atoms. The highest BCUT2D eigenvalue weighted by Gasteiger charge is 2.45. The van der Waals surface area contributed by atoms with Crippen molar-refractivity contribution in [1.29, 1.82) is 0 Å². The molecule has 1 aromatic heterocycles. The largest absolute Gasteiger partial charge is 0.336 e. The number of nitrogens with zero attached hydrogens (tertiary/aromatic N) is 3. The zero-order valence-electron chi connectivity index (χ0n) is 15.3. The van der Waals surface area contributed by atoms with Gasteiger partial charge >= 0.3 is 0 Å². The smallest absolute Gasteiger partial charge is 0.254 e. The van der Waals surface area contributed by atoms with Gasteiger partial charge in [-0.3, -0.25) is 4.79 Å². The fourth-order valence-corrected chi connectivity index (χ4v) is 3.60. The van der Waals surface area contributed by atoms with E-state index < -0.39 is 5.54 Å². The van der Waals surface area contributed by atoms with Gasteiger partial charge in [-0.05, 0) is 37.5 Å². The SMILES string of the molecule is CC1(c2nc(-c3ccc(CN)cc3)no2)CCCN1C(=O)c1ccccc1. The summed E-state index contributed by atoms with van der Waals surface area (Å²) in [6, 6.07) is 17.1. The Morgan fingerprint density at radius 3 is 2.63 bits per heavy atom. The quantitative estimate of drug-likeness (QED) is 0.769. The predicted octanol–water partition coefficient (Wildman–Crippen LogP) is 3.35. The monoisotopic (exact) mass is 362 g/mol. The number of benzene rings is 2. The van der Waals surface area contributed by atoms with Gasteiger partial charge in [-0.2, -0.15) is 4.98 Å². The molecule has 6 nitrogen and oxygen atoms in total. The number of rotatable bonds is 4. The Morgan fingerprint density at radius 1 is 1.19 bits per heavy atom. The third kappa shape index (κ3) is 3.13. The summed E-state index contributed by atoms with van der Waals surface area (Å²) >= 11 is 0. The summed E-state index contributed by atoms with van der Waals surface area (Å²) < 4.78 is 5.60. The molecule has 1 unspecified atom stereocenters. The Bertz CT molecular complexity index is 936. The van der Waals surface area contributed by atoms with Crippen molar-refractivity contribution in [1.82, 2.24) is 15.0 Å². The number of likely N-dealkylation sites (tertiary alicyclic amines) is 1. The summed E-state index contributed by atoms with van der Waals surface area (Å²) in [4.78, 5) is 19.5. The second-order valence-electron chi connectivity index (χ2n) is 7.02. The molecule has 0 radical (unpaired) electrons. The van der Waals surface area contributed by atoms with Crippen LogP contribution >= 0.6 is 0 Å². The van der Waals surface area contributed by atoms with Gasteiger partial charge in [0.15, 0.2) is 0 Å². The van der Waals surface area contributed by atoms with E-state index in [-0.39, 0.29) is 5.91 Å². The molecular formula is C21H22N4O2. The van der Waals surface area contributed by atoms with Crippen molar-refractivity contribution in [3.8, 4) is 11.4 Å². The Hall–Kier alpha value is -2.99. The molecule has 1 atom stereocenters. The molecule has 2 N–H and O–H groups in total. The minimum atomic E-state index is -0.602. The molecule has 1 aliphatic rings. The molecule has 6 heteroatoms. The number of carbonyl (C=O) groups is 1. The Labute approximate surface area is 158 Å². The maximum Gasteiger partial charge on any atom is 0.254 e. The molecule has 27 heavy (non-hydrogen) atoms. The highest BCUT2D eigenvalue weighted by molar-refractivity contribution is 5.94. The average molecular weight is 362 g/mol. The van der Waals surface area contributed by atoms with Crippen molar-refractivity contribution < 1.29 is 9.32 Å². The minimum Gasteiger partial charge on any atom is -0.336 e. The van der Waals surface area contributed by atoms with E-state index in [1.54, 1.807) is 0 Å². The van der Waals surface area contributed by atoms with Crippen LogP contribution < -0.4 is 5.73 Å². The maximum absolute atomic E-state index is 13.0. The molecule has 1 fully saturated rings. The molecular weight excluding hydrogens is 340 g/mol. The Morgan fingerprint density at radius 2 is 1.93 bits per heavy atom. The first-order chi connectivity index (χ1) is 13.1. The van der Waals surface area contributed by atoms with Crippen molar-refractivity contribution in [2.45, 2.75) is 31.8 Å². The number of aromatic nitrogens is 2. The summed E-state index contributed by atoms with van der Waals surface area (Å²) in [6.45, 7) is 3.16. The first-order valence-corrected chi connectivity index (χ1v) is 9.12. The molecule has 0 spiro atoms. The second kappa shape index (κ2) is 6.96. The van der Waals surface area contributed by atoms with Crippen LogP contribution in [0.15, 0.2) is 59.1 Å². The predicted molar refractivity (Wildman–Crippen MR) is 102 cm³/mol. The van der Waals surface area contributed by atoms with Crippen LogP contribution in [0.25, 0.3) is 11.4 Å². The summed E-state index contributed by atoms with van der Waals surface area (Å²) in [6.07, 6.45) is 1.69. The van der Waals surface area contributed by atoms with Gasteiger partial charge in [0.2, 0.25) is 5.82 Å². The van der Waals surface area contributed by atoms with E-state index in [1.165, 1.54) is 0 Å². The molecule has 2 heterocycles. The maximum atomic E-state index is 13.0. The average Bonchev–Trinajstić information content (AvgIpc) is 3.36. The number of nitrogens with two attached hydrogens (primary N) is 1. The normalized spacial score (nSPS) is 19.4. The van der Waals surface area contributed by atoms with Crippen LogP contribution in [0.5, 0.6) is 0 Å². The van der Waals surface area contributed by atoms with Gasteiger partial charge in [0.05, 0.1) is 0 Å². The molecule has 0 aliphatic carbocycles. The first-order valence-electron chi connectivity index (χ1n) is 9.12. The molecule has 0 saturated carbocycles. The Balaban J connectivity index is 1.63. The first kappa shape index (κ1) is 17.4. The lowest BCUT2D eigenvalue weighted by Crippen LogP contribution is -2.43. The lowest BCUT2D eigenvalue weighted by atomic mass is 9.98. The molecule has 1 aliphatic heterocycles. The zero-order valence-corrected chi connectivity index (χ0v) is 15.3. The number of hydrogen-bond acceptors (Lipinski definition) is 5. The minimum absolute atomic E-state index is 0.0114. The van der Waals surface area contributed by atoms with Crippen LogP contribution in [0.3, 0.4) is 0 Å². The van der Waals surface area contributed by atoms with Crippen LogP contribution in [0.4, 0.5) is 0 Å². The van der Waals surface area contributed by atoms with E-state index in [0.717, 1.165) is 24.0 Å². The highest BCUT2D eigenvalue weighted by Crippen LogP contribution is 2.39. The summed E-state index contributed by atoms with van der Waals surface area (Å²) in [5, 5.41) is 4.14.